The average molecular weight is 196 g/mol. The van der Waals surface area contributed by atoms with Gasteiger partial charge in [0, 0.05) is 18.5 Å². The molecule has 14 heavy (non-hydrogen) atoms. The van der Waals surface area contributed by atoms with E-state index in [1.54, 1.807) is 0 Å². The zero-order valence-electron chi connectivity index (χ0n) is 8.83. The highest BCUT2D eigenvalue weighted by atomic mass is 16.2. The summed E-state index contributed by atoms with van der Waals surface area (Å²) in [7, 11) is 0. The summed E-state index contributed by atoms with van der Waals surface area (Å²) in [6.45, 7) is 2.50. The summed E-state index contributed by atoms with van der Waals surface area (Å²) in [6.07, 6.45) is 5.16. The van der Waals surface area contributed by atoms with Crippen molar-refractivity contribution in [1.29, 1.82) is 0 Å². The maximum atomic E-state index is 11.8. The second-order valence-electron chi connectivity index (χ2n) is 4.78. The van der Waals surface area contributed by atoms with Crippen molar-refractivity contribution in [2.75, 3.05) is 6.54 Å². The Morgan fingerprint density at radius 3 is 2.50 bits per heavy atom. The first-order valence-corrected chi connectivity index (χ1v) is 5.74. The van der Waals surface area contributed by atoms with Gasteiger partial charge < -0.3 is 11.1 Å². The lowest BCUT2D eigenvalue weighted by Gasteiger charge is -2.10. The van der Waals surface area contributed by atoms with Crippen LogP contribution in [0, 0.1) is 17.8 Å². The first-order chi connectivity index (χ1) is 6.74. The van der Waals surface area contributed by atoms with Crippen molar-refractivity contribution in [2.24, 2.45) is 23.5 Å². The predicted octanol–water partition coefficient (Wildman–Crippen LogP) is 0.886. The van der Waals surface area contributed by atoms with E-state index in [4.69, 9.17) is 5.73 Å². The summed E-state index contributed by atoms with van der Waals surface area (Å²) >= 11 is 0. The van der Waals surface area contributed by atoms with Gasteiger partial charge in [-0.3, -0.25) is 4.79 Å². The Morgan fingerprint density at radius 2 is 2.00 bits per heavy atom. The molecular weight excluding hydrogens is 176 g/mol. The highest BCUT2D eigenvalue weighted by molar-refractivity contribution is 5.82. The molecule has 0 aromatic heterocycles. The van der Waals surface area contributed by atoms with E-state index < -0.39 is 0 Å². The van der Waals surface area contributed by atoms with Crippen LogP contribution in [0.3, 0.4) is 0 Å². The molecule has 1 amide bonds. The molecule has 0 aliphatic heterocycles. The number of hydrogen-bond donors (Lipinski definition) is 2. The lowest BCUT2D eigenvalue weighted by atomic mass is 10.0. The quantitative estimate of drug-likeness (QED) is 0.704. The van der Waals surface area contributed by atoms with E-state index >= 15 is 0 Å². The molecule has 0 spiro atoms. The topological polar surface area (TPSA) is 55.1 Å². The van der Waals surface area contributed by atoms with Crippen LogP contribution in [0.1, 0.15) is 32.6 Å². The lowest BCUT2D eigenvalue weighted by molar-refractivity contribution is -0.123. The van der Waals surface area contributed by atoms with Crippen LogP contribution in [0.25, 0.3) is 0 Å². The molecule has 0 aromatic rings. The average Bonchev–Trinajstić information content (AvgIpc) is 2.91. The molecular formula is C11H20N2O. The van der Waals surface area contributed by atoms with Gasteiger partial charge in [0.25, 0.3) is 0 Å². The van der Waals surface area contributed by atoms with Gasteiger partial charge in [0.05, 0.1) is 0 Å². The highest BCUT2D eigenvalue weighted by Crippen LogP contribution is 2.55. The van der Waals surface area contributed by atoms with Crippen molar-refractivity contribution in [3.63, 3.8) is 0 Å². The summed E-state index contributed by atoms with van der Waals surface area (Å²) in [6, 6.07) is 0.130. The van der Waals surface area contributed by atoms with Gasteiger partial charge in [-0.15, -0.1) is 0 Å². The number of rotatable bonds is 3. The molecule has 2 rings (SSSR count). The third-order valence-corrected chi connectivity index (χ3v) is 3.70. The van der Waals surface area contributed by atoms with Gasteiger partial charge in [0.15, 0.2) is 0 Å². The molecule has 3 nitrogen and oxygen atoms in total. The largest absolute Gasteiger partial charge is 0.352 e. The van der Waals surface area contributed by atoms with Gasteiger partial charge in [0.2, 0.25) is 5.91 Å². The van der Waals surface area contributed by atoms with Gasteiger partial charge in [-0.05, 0) is 31.6 Å². The first kappa shape index (κ1) is 9.97. The molecule has 3 N–H and O–H groups in total. The van der Waals surface area contributed by atoms with Crippen LogP contribution in [0.2, 0.25) is 0 Å². The highest BCUT2D eigenvalue weighted by Gasteiger charge is 2.54. The van der Waals surface area contributed by atoms with Crippen molar-refractivity contribution in [3.05, 3.63) is 0 Å². The van der Waals surface area contributed by atoms with Crippen LogP contribution in [0.15, 0.2) is 0 Å². The van der Waals surface area contributed by atoms with Crippen LogP contribution in [-0.2, 0) is 4.79 Å². The molecule has 2 aliphatic rings. The van der Waals surface area contributed by atoms with Crippen LogP contribution in [-0.4, -0.2) is 18.5 Å². The molecule has 80 valence electrons. The third kappa shape index (κ3) is 1.78. The fraction of sp³-hybridized carbons (Fsp3) is 0.909. The van der Waals surface area contributed by atoms with E-state index in [0.717, 1.165) is 0 Å². The third-order valence-electron chi connectivity index (χ3n) is 3.70. The van der Waals surface area contributed by atoms with Crippen molar-refractivity contribution < 1.29 is 4.79 Å². The van der Waals surface area contributed by atoms with Crippen molar-refractivity contribution in [2.45, 2.75) is 38.6 Å². The Hall–Kier alpha value is -0.570. The summed E-state index contributed by atoms with van der Waals surface area (Å²) in [5.74, 6) is 1.98. The van der Waals surface area contributed by atoms with E-state index in [-0.39, 0.29) is 11.9 Å². The molecule has 2 saturated carbocycles. The number of nitrogens with two attached hydrogens (primary N) is 1. The second-order valence-corrected chi connectivity index (χ2v) is 4.78. The van der Waals surface area contributed by atoms with Gasteiger partial charge >= 0.3 is 0 Å². The standard InChI is InChI=1S/C11H20N2O/c1-7(6-12)13-11(14)10-8-4-2-3-5-9(8)10/h7-10H,2-6,12H2,1H3,(H,13,14)/t7-,8?,9?,10?/m1/s1. The molecule has 0 saturated heterocycles. The molecule has 2 unspecified atom stereocenters. The summed E-state index contributed by atoms with van der Waals surface area (Å²) in [5.41, 5.74) is 5.47. The van der Waals surface area contributed by atoms with Gasteiger partial charge in [-0.25, -0.2) is 0 Å². The van der Waals surface area contributed by atoms with Gasteiger partial charge in [-0.2, -0.15) is 0 Å². The SMILES string of the molecule is C[C@H](CN)NC(=O)C1C2CCCCC21. The van der Waals surface area contributed by atoms with Crippen LogP contribution >= 0.6 is 0 Å². The van der Waals surface area contributed by atoms with Gasteiger partial charge in [-0.1, -0.05) is 12.8 Å². The van der Waals surface area contributed by atoms with Crippen molar-refractivity contribution in [1.82, 2.24) is 5.32 Å². The normalized spacial score (nSPS) is 37.1. The Kier molecular flexibility index (Phi) is 2.77. The maximum absolute atomic E-state index is 11.8. The van der Waals surface area contributed by atoms with Crippen molar-refractivity contribution in [3.8, 4) is 0 Å². The van der Waals surface area contributed by atoms with E-state index in [9.17, 15) is 4.79 Å². The fourth-order valence-electron chi connectivity index (χ4n) is 2.78. The number of amides is 1. The number of carbonyl (C=O) groups excluding carboxylic acids is 1. The van der Waals surface area contributed by atoms with Crippen LogP contribution in [0.4, 0.5) is 0 Å². The lowest BCUT2D eigenvalue weighted by Crippen LogP contribution is -2.39. The Morgan fingerprint density at radius 1 is 1.43 bits per heavy atom. The maximum Gasteiger partial charge on any atom is 0.223 e. The first-order valence-electron chi connectivity index (χ1n) is 5.74. The summed E-state index contributed by atoms with van der Waals surface area (Å²) in [5, 5.41) is 2.98. The van der Waals surface area contributed by atoms with E-state index in [1.165, 1.54) is 25.7 Å². The van der Waals surface area contributed by atoms with E-state index in [0.29, 0.717) is 24.3 Å². The smallest absolute Gasteiger partial charge is 0.223 e. The molecule has 0 heterocycles. The Labute approximate surface area is 85.4 Å². The Balaban J connectivity index is 1.82. The van der Waals surface area contributed by atoms with Gasteiger partial charge in [0.1, 0.15) is 0 Å². The monoisotopic (exact) mass is 196 g/mol. The zero-order chi connectivity index (χ0) is 10.1. The minimum Gasteiger partial charge on any atom is -0.352 e. The predicted molar refractivity (Wildman–Crippen MR) is 55.6 cm³/mol. The molecule has 2 fully saturated rings. The summed E-state index contributed by atoms with van der Waals surface area (Å²) in [4.78, 5) is 11.8. The zero-order valence-corrected chi connectivity index (χ0v) is 8.83. The van der Waals surface area contributed by atoms with E-state index in [1.807, 2.05) is 6.92 Å². The minimum absolute atomic E-state index is 0.130. The van der Waals surface area contributed by atoms with Crippen LogP contribution in [0.5, 0.6) is 0 Å². The number of carbonyl (C=O) groups is 1. The summed E-state index contributed by atoms with van der Waals surface area (Å²) < 4.78 is 0. The molecule has 0 aromatic carbocycles. The second kappa shape index (κ2) is 3.89. The molecule has 3 heteroatoms. The number of fused-ring (bicyclic) bond motifs is 1. The Bertz CT molecular complexity index is 217. The number of hydrogen-bond acceptors (Lipinski definition) is 2. The molecule has 2 aliphatic carbocycles. The minimum atomic E-state index is 0.130. The fourth-order valence-corrected chi connectivity index (χ4v) is 2.78. The molecule has 0 radical (unpaired) electrons. The van der Waals surface area contributed by atoms with E-state index in [2.05, 4.69) is 5.32 Å². The van der Waals surface area contributed by atoms with Crippen molar-refractivity contribution >= 4 is 5.91 Å². The number of nitrogens with one attached hydrogen (secondary N) is 1. The van der Waals surface area contributed by atoms with Crippen LogP contribution < -0.4 is 11.1 Å². The molecule has 3 atom stereocenters. The molecule has 0 bridgehead atoms.